The molecule has 1 heterocycles. The van der Waals surface area contributed by atoms with E-state index in [4.69, 9.17) is 0 Å². The largest absolute Gasteiger partial charge is 0.348 e. The number of carbonyl (C=O) groups excluding carboxylic acids is 1. The number of hydrogen-bond donors (Lipinski definition) is 1. The van der Waals surface area contributed by atoms with Crippen LogP contribution in [0.2, 0.25) is 0 Å². The zero-order valence-electron chi connectivity index (χ0n) is 17.6. The fourth-order valence-electron chi connectivity index (χ4n) is 3.24. The molecule has 1 unspecified atom stereocenters. The maximum absolute atomic E-state index is 12.7. The van der Waals surface area contributed by atoms with Crippen molar-refractivity contribution in [3.8, 4) is 0 Å². The molecule has 0 aliphatic rings. The Morgan fingerprint density at radius 3 is 2.41 bits per heavy atom. The third kappa shape index (κ3) is 5.33. The molecule has 0 saturated carbocycles. The van der Waals surface area contributed by atoms with Gasteiger partial charge in [0.2, 0.25) is 15.9 Å². The zero-order chi connectivity index (χ0) is 21.8. The van der Waals surface area contributed by atoms with Crippen LogP contribution >= 0.6 is 0 Å². The number of aromatic nitrogens is 1. The van der Waals surface area contributed by atoms with Gasteiger partial charge in [0.15, 0.2) is 0 Å². The molecule has 0 saturated heterocycles. The number of pyridine rings is 1. The van der Waals surface area contributed by atoms with Crippen molar-refractivity contribution in [2.75, 3.05) is 13.1 Å². The first-order valence-electron chi connectivity index (χ1n) is 9.67. The van der Waals surface area contributed by atoms with E-state index in [9.17, 15) is 18.0 Å². The van der Waals surface area contributed by atoms with Crippen molar-refractivity contribution in [1.82, 2.24) is 14.2 Å². The van der Waals surface area contributed by atoms with Crippen LogP contribution in [0.4, 0.5) is 0 Å². The van der Waals surface area contributed by atoms with E-state index in [1.807, 2.05) is 39.0 Å². The lowest BCUT2D eigenvalue weighted by molar-refractivity contribution is -0.122. The Kier molecular flexibility index (Phi) is 7.37. The maximum Gasteiger partial charge on any atom is 0.251 e. The molecule has 1 aromatic carbocycles. The Morgan fingerprint density at radius 1 is 1.14 bits per heavy atom. The lowest BCUT2D eigenvalue weighted by Crippen LogP contribution is -2.35. The zero-order valence-corrected chi connectivity index (χ0v) is 18.4. The molecule has 1 aromatic heterocycles. The van der Waals surface area contributed by atoms with Gasteiger partial charge in [-0.05, 0) is 38.0 Å². The summed E-state index contributed by atoms with van der Waals surface area (Å²) in [7, 11) is -3.71. The smallest absolute Gasteiger partial charge is 0.251 e. The molecule has 1 amide bonds. The predicted molar refractivity (Wildman–Crippen MR) is 113 cm³/mol. The second kappa shape index (κ2) is 9.37. The molecular weight excluding hydrogens is 390 g/mol. The van der Waals surface area contributed by atoms with Gasteiger partial charge in [-0.3, -0.25) is 9.59 Å². The molecule has 158 valence electrons. The molecule has 29 heavy (non-hydrogen) atoms. The summed E-state index contributed by atoms with van der Waals surface area (Å²) in [6, 6.07) is 8.25. The van der Waals surface area contributed by atoms with Gasteiger partial charge in [-0.1, -0.05) is 37.6 Å². The van der Waals surface area contributed by atoms with Crippen LogP contribution in [0.25, 0.3) is 0 Å². The quantitative estimate of drug-likeness (QED) is 0.711. The predicted octanol–water partition coefficient (Wildman–Crippen LogP) is 2.37. The van der Waals surface area contributed by atoms with Crippen LogP contribution in [0.3, 0.4) is 0 Å². The summed E-state index contributed by atoms with van der Waals surface area (Å²) in [5.74, 6) is -0.363. The van der Waals surface area contributed by atoms with Gasteiger partial charge in [0.1, 0.15) is 6.54 Å². The number of hydrogen-bond acceptors (Lipinski definition) is 4. The minimum atomic E-state index is -3.71. The monoisotopic (exact) mass is 419 g/mol. The third-order valence-corrected chi connectivity index (χ3v) is 6.93. The number of sulfonamides is 1. The topological polar surface area (TPSA) is 88.5 Å². The van der Waals surface area contributed by atoms with E-state index in [0.29, 0.717) is 13.1 Å². The van der Waals surface area contributed by atoms with Gasteiger partial charge in [0.05, 0.1) is 10.9 Å². The van der Waals surface area contributed by atoms with Crippen molar-refractivity contribution in [2.24, 2.45) is 0 Å². The molecule has 1 N–H and O–H groups in total. The van der Waals surface area contributed by atoms with E-state index in [1.165, 1.54) is 22.6 Å². The molecule has 1 atom stereocenters. The van der Waals surface area contributed by atoms with E-state index in [-0.39, 0.29) is 23.4 Å². The van der Waals surface area contributed by atoms with Crippen molar-refractivity contribution >= 4 is 15.9 Å². The molecular formula is C21H29N3O4S. The summed E-state index contributed by atoms with van der Waals surface area (Å²) < 4.78 is 27.8. The van der Waals surface area contributed by atoms with Crippen LogP contribution < -0.4 is 10.9 Å². The fraction of sp³-hybridized carbons (Fsp3) is 0.429. The number of carbonyl (C=O) groups is 1. The number of benzene rings is 1. The SMILES string of the molecule is CCN(CC)S(=O)(=O)c1ccc(=O)n(CC(=O)NC(C)c2cc(C)ccc2C)c1. The number of amides is 1. The van der Waals surface area contributed by atoms with Gasteiger partial charge < -0.3 is 9.88 Å². The molecule has 0 radical (unpaired) electrons. The first-order chi connectivity index (χ1) is 13.6. The fourth-order valence-corrected chi connectivity index (χ4v) is 4.72. The third-order valence-electron chi connectivity index (χ3n) is 4.89. The van der Waals surface area contributed by atoms with Crippen LogP contribution in [0, 0.1) is 13.8 Å². The highest BCUT2D eigenvalue weighted by Crippen LogP contribution is 2.19. The Morgan fingerprint density at radius 2 is 1.79 bits per heavy atom. The summed E-state index contributed by atoms with van der Waals surface area (Å²) in [4.78, 5) is 24.7. The molecule has 2 rings (SSSR count). The number of nitrogens with one attached hydrogen (secondary N) is 1. The van der Waals surface area contributed by atoms with Crippen LogP contribution in [0.1, 0.15) is 43.5 Å². The lowest BCUT2D eigenvalue weighted by Gasteiger charge is -2.20. The van der Waals surface area contributed by atoms with Crippen molar-refractivity contribution in [3.05, 3.63) is 63.6 Å². The second-order valence-electron chi connectivity index (χ2n) is 7.07. The Hall–Kier alpha value is -2.45. The van der Waals surface area contributed by atoms with Crippen molar-refractivity contribution in [2.45, 2.75) is 52.1 Å². The maximum atomic E-state index is 12.7. The van der Waals surface area contributed by atoms with Gasteiger partial charge >= 0.3 is 0 Å². The molecule has 0 aliphatic carbocycles. The minimum Gasteiger partial charge on any atom is -0.348 e. The molecule has 7 nitrogen and oxygen atoms in total. The van der Waals surface area contributed by atoms with Crippen LogP contribution in [0.15, 0.2) is 46.2 Å². The van der Waals surface area contributed by atoms with Gasteiger partial charge in [-0.15, -0.1) is 0 Å². The van der Waals surface area contributed by atoms with E-state index >= 15 is 0 Å². The van der Waals surface area contributed by atoms with Gasteiger partial charge in [-0.25, -0.2) is 8.42 Å². The van der Waals surface area contributed by atoms with Gasteiger partial charge in [0.25, 0.3) is 5.56 Å². The van der Waals surface area contributed by atoms with Crippen molar-refractivity contribution in [1.29, 1.82) is 0 Å². The number of aryl methyl sites for hydroxylation is 2. The highest BCUT2D eigenvalue weighted by Gasteiger charge is 2.23. The van der Waals surface area contributed by atoms with Crippen molar-refractivity contribution < 1.29 is 13.2 Å². The second-order valence-corrected chi connectivity index (χ2v) is 9.01. The minimum absolute atomic E-state index is 0.00354. The summed E-state index contributed by atoms with van der Waals surface area (Å²) in [6.45, 7) is 9.73. The molecule has 2 aromatic rings. The molecule has 0 bridgehead atoms. The average molecular weight is 420 g/mol. The van der Waals surface area contributed by atoms with E-state index in [2.05, 4.69) is 5.32 Å². The summed E-state index contributed by atoms with van der Waals surface area (Å²) in [6.07, 6.45) is 1.23. The van der Waals surface area contributed by atoms with Crippen molar-refractivity contribution in [3.63, 3.8) is 0 Å². The summed E-state index contributed by atoms with van der Waals surface area (Å²) >= 11 is 0. The van der Waals surface area contributed by atoms with Gasteiger partial charge in [-0.2, -0.15) is 4.31 Å². The van der Waals surface area contributed by atoms with E-state index in [1.54, 1.807) is 13.8 Å². The standard InChI is InChI=1S/C21H29N3O4S/c1-6-24(7-2)29(27,28)18-10-11-21(26)23(13-18)14-20(25)22-17(5)19-12-15(3)8-9-16(19)4/h8-13,17H,6-7,14H2,1-5H3,(H,22,25). The van der Waals surface area contributed by atoms with Gasteiger partial charge in [0, 0.05) is 25.4 Å². The van der Waals surface area contributed by atoms with Crippen LogP contribution in [-0.2, 0) is 21.4 Å². The summed E-state index contributed by atoms with van der Waals surface area (Å²) in [5, 5.41) is 2.88. The van der Waals surface area contributed by atoms with E-state index < -0.39 is 15.6 Å². The number of nitrogens with zero attached hydrogens (tertiary/aromatic N) is 2. The Balaban J connectivity index is 2.22. The molecule has 0 spiro atoms. The lowest BCUT2D eigenvalue weighted by atomic mass is 10.00. The normalized spacial score (nSPS) is 12.8. The first kappa shape index (κ1) is 22.8. The summed E-state index contributed by atoms with van der Waals surface area (Å²) in [5.41, 5.74) is 2.73. The Labute approximate surface area is 172 Å². The highest BCUT2D eigenvalue weighted by molar-refractivity contribution is 7.89. The molecule has 0 fully saturated rings. The molecule has 8 heteroatoms. The first-order valence-corrected chi connectivity index (χ1v) is 11.1. The Bertz CT molecular complexity index is 1040. The average Bonchev–Trinajstić information content (AvgIpc) is 2.65. The number of rotatable bonds is 8. The van der Waals surface area contributed by atoms with E-state index in [0.717, 1.165) is 21.3 Å². The van der Waals surface area contributed by atoms with Crippen LogP contribution in [-0.4, -0.2) is 36.3 Å². The highest BCUT2D eigenvalue weighted by atomic mass is 32.2. The van der Waals surface area contributed by atoms with Crippen LogP contribution in [0.5, 0.6) is 0 Å². The molecule has 0 aliphatic heterocycles.